The zero-order valence-corrected chi connectivity index (χ0v) is 10.6. The van der Waals surface area contributed by atoms with Crippen molar-refractivity contribution in [1.82, 2.24) is 10.3 Å². The third kappa shape index (κ3) is 4.43. The van der Waals surface area contributed by atoms with Crippen molar-refractivity contribution in [3.8, 4) is 0 Å². The number of aromatic nitrogens is 1. The highest BCUT2D eigenvalue weighted by Gasteiger charge is 2.06. The molecule has 3 nitrogen and oxygen atoms in total. The van der Waals surface area contributed by atoms with Gasteiger partial charge in [0, 0.05) is 18.9 Å². The lowest BCUT2D eigenvalue weighted by Crippen LogP contribution is -2.23. The van der Waals surface area contributed by atoms with Crippen LogP contribution in [-0.4, -0.2) is 23.2 Å². The summed E-state index contributed by atoms with van der Waals surface area (Å²) in [6.07, 6.45) is 3.81. The van der Waals surface area contributed by atoms with E-state index < -0.39 is 6.10 Å². The van der Waals surface area contributed by atoms with Gasteiger partial charge in [-0.15, -0.1) is 0 Å². The van der Waals surface area contributed by atoms with Gasteiger partial charge in [0.25, 0.3) is 0 Å². The van der Waals surface area contributed by atoms with Crippen molar-refractivity contribution < 1.29 is 9.50 Å². The molecule has 0 saturated carbocycles. The Balaban J connectivity index is 1.72. The summed E-state index contributed by atoms with van der Waals surface area (Å²) < 4.78 is 12.7. The number of hydrogen-bond donors (Lipinski definition) is 2. The van der Waals surface area contributed by atoms with Gasteiger partial charge < -0.3 is 10.4 Å². The molecule has 0 bridgehead atoms. The van der Waals surface area contributed by atoms with Crippen LogP contribution in [-0.2, 0) is 6.42 Å². The average Bonchev–Trinajstić information content (AvgIpc) is 2.45. The monoisotopic (exact) mass is 260 g/mol. The Hall–Kier alpha value is -1.78. The second kappa shape index (κ2) is 6.97. The van der Waals surface area contributed by atoms with Crippen LogP contribution < -0.4 is 5.32 Å². The molecule has 0 aliphatic heterocycles. The fraction of sp³-hybridized carbons (Fsp3) is 0.267. The Morgan fingerprint density at radius 2 is 1.79 bits per heavy atom. The summed E-state index contributed by atoms with van der Waals surface area (Å²) in [5.74, 6) is -0.290. The molecule has 0 spiro atoms. The first-order valence-electron chi connectivity index (χ1n) is 6.29. The molecule has 4 heteroatoms. The van der Waals surface area contributed by atoms with Gasteiger partial charge in [-0.1, -0.05) is 12.1 Å². The maximum Gasteiger partial charge on any atom is 0.123 e. The van der Waals surface area contributed by atoms with E-state index in [1.54, 1.807) is 24.5 Å². The van der Waals surface area contributed by atoms with Crippen LogP contribution in [0.1, 0.15) is 17.2 Å². The Morgan fingerprint density at radius 3 is 2.47 bits per heavy atom. The molecule has 1 heterocycles. The molecule has 1 aromatic heterocycles. The van der Waals surface area contributed by atoms with Crippen molar-refractivity contribution >= 4 is 0 Å². The highest BCUT2D eigenvalue weighted by Crippen LogP contribution is 2.12. The van der Waals surface area contributed by atoms with Crippen LogP contribution in [0.3, 0.4) is 0 Å². The summed E-state index contributed by atoms with van der Waals surface area (Å²) in [6.45, 7) is 1.24. The van der Waals surface area contributed by atoms with Crippen LogP contribution >= 0.6 is 0 Å². The fourth-order valence-corrected chi connectivity index (χ4v) is 1.82. The van der Waals surface area contributed by atoms with Crippen molar-refractivity contribution in [1.29, 1.82) is 0 Å². The van der Waals surface area contributed by atoms with Crippen molar-refractivity contribution in [3.63, 3.8) is 0 Å². The molecule has 1 aromatic carbocycles. The molecule has 2 aromatic rings. The van der Waals surface area contributed by atoms with Crippen LogP contribution in [0, 0.1) is 5.82 Å². The van der Waals surface area contributed by atoms with E-state index in [1.807, 2.05) is 12.1 Å². The molecule has 2 N–H and O–H groups in total. The lowest BCUT2D eigenvalue weighted by atomic mass is 10.1. The maximum absolute atomic E-state index is 12.7. The number of aliphatic hydroxyl groups is 1. The number of hydrogen-bond acceptors (Lipinski definition) is 3. The number of aliphatic hydroxyl groups excluding tert-OH is 1. The van der Waals surface area contributed by atoms with Gasteiger partial charge >= 0.3 is 0 Å². The predicted molar refractivity (Wildman–Crippen MR) is 72.2 cm³/mol. The van der Waals surface area contributed by atoms with Gasteiger partial charge in [-0.3, -0.25) is 4.98 Å². The van der Waals surface area contributed by atoms with E-state index >= 15 is 0 Å². The lowest BCUT2D eigenvalue weighted by molar-refractivity contribution is 0.175. The number of benzene rings is 1. The maximum atomic E-state index is 12.7. The van der Waals surface area contributed by atoms with Crippen molar-refractivity contribution in [2.45, 2.75) is 12.5 Å². The zero-order valence-electron chi connectivity index (χ0n) is 10.6. The van der Waals surface area contributed by atoms with Crippen molar-refractivity contribution in [2.75, 3.05) is 13.1 Å². The molecule has 1 unspecified atom stereocenters. The van der Waals surface area contributed by atoms with E-state index in [1.165, 1.54) is 17.7 Å². The summed E-state index contributed by atoms with van der Waals surface area (Å²) >= 11 is 0. The third-order valence-corrected chi connectivity index (χ3v) is 2.93. The van der Waals surface area contributed by atoms with Gasteiger partial charge in [0.05, 0.1) is 6.10 Å². The van der Waals surface area contributed by atoms with Crippen LogP contribution in [0.2, 0.25) is 0 Å². The lowest BCUT2D eigenvalue weighted by Gasteiger charge is -2.12. The number of nitrogens with zero attached hydrogens (tertiary/aromatic N) is 1. The van der Waals surface area contributed by atoms with E-state index in [9.17, 15) is 9.50 Å². The first-order chi connectivity index (χ1) is 9.25. The zero-order chi connectivity index (χ0) is 13.5. The Bertz CT molecular complexity index is 487. The first kappa shape index (κ1) is 13.6. The largest absolute Gasteiger partial charge is 0.387 e. The number of nitrogens with one attached hydrogen (secondary N) is 1. The summed E-state index contributed by atoms with van der Waals surface area (Å²) in [4.78, 5) is 3.96. The highest BCUT2D eigenvalue weighted by molar-refractivity contribution is 5.18. The van der Waals surface area contributed by atoms with E-state index in [-0.39, 0.29) is 5.82 Å². The SMILES string of the molecule is OC(CNCCc1ccncc1)c1ccc(F)cc1. The van der Waals surface area contributed by atoms with E-state index in [0.717, 1.165) is 18.5 Å². The van der Waals surface area contributed by atoms with Gasteiger partial charge in [-0.25, -0.2) is 4.39 Å². The second-order valence-electron chi connectivity index (χ2n) is 4.38. The van der Waals surface area contributed by atoms with E-state index in [2.05, 4.69) is 10.3 Å². The van der Waals surface area contributed by atoms with Gasteiger partial charge in [0.1, 0.15) is 5.82 Å². The Kier molecular flexibility index (Phi) is 5.01. The molecule has 100 valence electrons. The number of halogens is 1. The fourth-order valence-electron chi connectivity index (χ4n) is 1.82. The molecule has 2 rings (SSSR count). The molecule has 0 radical (unpaired) electrons. The summed E-state index contributed by atoms with van der Waals surface area (Å²) in [6, 6.07) is 9.86. The summed E-state index contributed by atoms with van der Waals surface area (Å²) in [5, 5.41) is 13.1. The molecule has 0 aliphatic carbocycles. The second-order valence-corrected chi connectivity index (χ2v) is 4.38. The van der Waals surface area contributed by atoms with Gasteiger partial charge in [0.2, 0.25) is 0 Å². The Morgan fingerprint density at radius 1 is 1.11 bits per heavy atom. The quantitative estimate of drug-likeness (QED) is 0.782. The predicted octanol–water partition coefficient (Wildman–Crippen LogP) is 2.09. The van der Waals surface area contributed by atoms with Gasteiger partial charge in [-0.2, -0.15) is 0 Å². The van der Waals surface area contributed by atoms with Gasteiger partial charge in [0.15, 0.2) is 0 Å². The Labute approximate surface area is 112 Å². The van der Waals surface area contributed by atoms with Gasteiger partial charge in [-0.05, 0) is 48.4 Å². The molecule has 0 fully saturated rings. The van der Waals surface area contributed by atoms with Crippen LogP contribution in [0.25, 0.3) is 0 Å². The molecular formula is C15H17FN2O. The summed E-state index contributed by atoms with van der Waals surface area (Å²) in [5.41, 5.74) is 1.93. The molecule has 0 saturated heterocycles. The van der Waals surface area contributed by atoms with E-state index in [4.69, 9.17) is 0 Å². The smallest absolute Gasteiger partial charge is 0.123 e. The topological polar surface area (TPSA) is 45.1 Å². The normalized spacial score (nSPS) is 12.3. The molecule has 1 atom stereocenters. The number of pyridine rings is 1. The van der Waals surface area contributed by atoms with E-state index in [0.29, 0.717) is 6.54 Å². The molecule has 19 heavy (non-hydrogen) atoms. The molecule has 0 amide bonds. The van der Waals surface area contributed by atoms with Crippen molar-refractivity contribution in [3.05, 3.63) is 65.7 Å². The minimum atomic E-state index is -0.613. The molecular weight excluding hydrogens is 243 g/mol. The highest BCUT2D eigenvalue weighted by atomic mass is 19.1. The van der Waals surface area contributed by atoms with Crippen LogP contribution in [0.5, 0.6) is 0 Å². The standard InChI is InChI=1S/C15H17FN2O/c16-14-3-1-13(2-4-14)15(19)11-18-10-7-12-5-8-17-9-6-12/h1-6,8-9,15,18-19H,7,10-11H2. The summed E-state index contributed by atoms with van der Waals surface area (Å²) in [7, 11) is 0. The molecule has 0 aliphatic rings. The third-order valence-electron chi connectivity index (χ3n) is 2.93. The minimum absolute atomic E-state index is 0.290. The van der Waals surface area contributed by atoms with Crippen molar-refractivity contribution in [2.24, 2.45) is 0 Å². The van der Waals surface area contributed by atoms with Crippen LogP contribution in [0.15, 0.2) is 48.8 Å². The first-order valence-corrected chi connectivity index (χ1v) is 6.29. The number of rotatable bonds is 6. The minimum Gasteiger partial charge on any atom is -0.387 e. The average molecular weight is 260 g/mol. The van der Waals surface area contributed by atoms with Crippen LogP contribution in [0.4, 0.5) is 4.39 Å².